The van der Waals surface area contributed by atoms with Gasteiger partial charge in [0, 0.05) is 49.4 Å². The molecule has 0 aromatic heterocycles. The van der Waals surface area contributed by atoms with Gasteiger partial charge in [-0.15, -0.1) is 0 Å². The summed E-state index contributed by atoms with van der Waals surface area (Å²) in [6.07, 6.45) is 1.28. The third-order valence-electron chi connectivity index (χ3n) is 5.25. The standard InChI is InChI=1S/C18H24ClN3O3/c1-21-2-3-22-10-13(8-14(22)11-21)20-18(23)7-12-6-16-17(9-15(12)19)25-5-4-24-16/h6,9,13-14H,2-5,7-8,10-11H2,1H3,(H,20,23)/t13-,14-/m0/s1. The van der Waals surface area contributed by atoms with Crippen LogP contribution in [0.25, 0.3) is 0 Å². The minimum absolute atomic E-state index is 0.0109. The Bertz CT molecular complexity index is 669. The highest BCUT2D eigenvalue weighted by Crippen LogP contribution is 2.35. The fourth-order valence-electron chi connectivity index (χ4n) is 4.00. The molecule has 2 fully saturated rings. The van der Waals surface area contributed by atoms with Crippen molar-refractivity contribution in [3.05, 3.63) is 22.7 Å². The van der Waals surface area contributed by atoms with Gasteiger partial charge in [-0.2, -0.15) is 0 Å². The lowest BCUT2D eigenvalue weighted by molar-refractivity contribution is -0.121. The Hall–Kier alpha value is -1.50. The predicted octanol–water partition coefficient (Wildman–Crippen LogP) is 1.16. The Balaban J connectivity index is 1.36. The summed E-state index contributed by atoms with van der Waals surface area (Å²) in [5.41, 5.74) is 0.777. The second-order valence-corrected chi connectivity index (χ2v) is 7.58. The minimum atomic E-state index is 0.0109. The van der Waals surface area contributed by atoms with Crippen molar-refractivity contribution in [2.24, 2.45) is 0 Å². The lowest BCUT2D eigenvalue weighted by Gasteiger charge is -2.34. The second kappa shape index (κ2) is 7.02. The number of fused-ring (bicyclic) bond motifs is 2. The topological polar surface area (TPSA) is 54.0 Å². The molecule has 1 amide bonds. The van der Waals surface area contributed by atoms with Crippen LogP contribution in [0, 0.1) is 0 Å². The highest BCUT2D eigenvalue weighted by Gasteiger charge is 2.35. The number of piperazine rings is 1. The number of carbonyl (C=O) groups excluding carboxylic acids is 1. The molecule has 3 heterocycles. The van der Waals surface area contributed by atoms with Gasteiger partial charge in [-0.3, -0.25) is 9.69 Å². The number of hydrogen-bond donors (Lipinski definition) is 1. The van der Waals surface area contributed by atoms with Gasteiger partial charge >= 0.3 is 0 Å². The van der Waals surface area contributed by atoms with Crippen LogP contribution >= 0.6 is 11.6 Å². The number of ether oxygens (including phenoxy) is 2. The van der Waals surface area contributed by atoms with Crippen LogP contribution in [0.3, 0.4) is 0 Å². The van der Waals surface area contributed by atoms with E-state index in [1.54, 1.807) is 6.07 Å². The summed E-state index contributed by atoms with van der Waals surface area (Å²) in [6.45, 7) is 5.26. The average Bonchev–Trinajstić information content (AvgIpc) is 2.96. The molecule has 2 saturated heterocycles. The zero-order valence-corrected chi connectivity index (χ0v) is 15.2. The lowest BCUT2D eigenvalue weighted by atomic mass is 10.1. The first kappa shape index (κ1) is 16.9. The number of hydrogen-bond acceptors (Lipinski definition) is 5. The van der Waals surface area contributed by atoms with E-state index in [1.165, 1.54) is 0 Å². The summed E-state index contributed by atoms with van der Waals surface area (Å²) >= 11 is 6.31. The summed E-state index contributed by atoms with van der Waals surface area (Å²) in [5.74, 6) is 1.33. The molecular weight excluding hydrogens is 342 g/mol. The van der Waals surface area contributed by atoms with Crippen molar-refractivity contribution in [3.8, 4) is 11.5 Å². The molecule has 1 aromatic carbocycles. The summed E-state index contributed by atoms with van der Waals surface area (Å²) in [7, 11) is 2.16. The van der Waals surface area contributed by atoms with Gasteiger partial charge in [0.1, 0.15) is 13.2 Å². The van der Waals surface area contributed by atoms with Crippen molar-refractivity contribution < 1.29 is 14.3 Å². The Kier molecular flexibility index (Phi) is 4.75. The monoisotopic (exact) mass is 365 g/mol. The van der Waals surface area contributed by atoms with E-state index in [2.05, 4.69) is 22.2 Å². The van der Waals surface area contributed by atoms with E-state index >= 15 is 0 Å². The number of likely N-dealkylation sites (N-methyl/N-ethyl adjacent to an activating group) is 1. The van der Waals surface area contributed by atoms with Gasteiger partial charge in [0.25, 0.3) is 0 Å². The lowest BCUT2D eigenvalue weighted by Crippen LogP contribution is -2.48. The molecule has 2 atom stereocenters. The molecule has 7 heteroatoms. The maximum atomic E-state index is 12.5. The van der Waals surface area contributed by atoms with Gasteiger partial charge in [-0.05, 0) is 25.1 Å². The molecule has 0 radical (unpaired) electrons. The Morgan fingerprint density at radius 1 is 1.24 bits per heavy atom. The number of halogens is 1. The first-order valence-electron chi connectivity index (χ1n) is 8.88. The number of nitrogens with zero attached hydrogens (tertiary/aromatic N) is 2. The largest absolute Gasteiger partial charge is 0.486 e. The number of benzene rings is 1. The van der Waals surface area contributed by atoms with Gasteiger partial charge in [0.05, 0.1) is 6.42 Å². The minimum Gasteiger partial charge on any atom is -0.486 e. The third-order valence-corrected chi connectivity index (χ3v) is 5.60. The summed E-state index contributed by atoms with van der Waals surface area (Å²) in [6, 6.07) is 4.34. The molecule has 3 aliphatic rings. The van der Waals surface area contributed by atoms with Crippen molar-refractivity contribution in [2.45, 2.75) is 24.9 Å². The van der Waals surface area contributed by atoms with E-state index in [-0.39, 0.29) is 18.4 Å². The van der Waals surface area contributed by atoms with Gasteiger partial charge in [-0.1, -0.05) is 11.6 Å². The second-order valence-electron chi connectivity index (χ2n) is 7.18. The zero-order chi connectivity index (χ0) is 17.4. The molecule has 1 N–H and O–H groups in total. The highest BCUT2D eigenvalue weighted by molar-refractivity contribution is 6.31. The highest BCUT2D eigenvalue weighted by atomic mass is 35.5. The van der Waals surface area contributed by atoms with Crippen LogP contribution in [0.2, 0.25) is 5.02 Å². The predicted molar refractivity (Wildman–Crippen MR) is 95.6 cm³/mol. The normalized spacial score (nSPS) is 26.3. The maximum absolute atomic E-state index is 12.5. The van der Waals surface area contributed by atoms with Gasteiger partial charge in [-0.25, -0.2) is 0 Å². The van der Waals surface area contributed by atoms with E-state index in [4.69, 9.17) is 21.1 Å². The van der Waals surface area contributed by atoms with Crippen LogP contribution in [0.1, 0.15) is 12.0 Å². The molecule has 0 aliphatic carbocycles. The maximum Gasteiger partial charge on any atom is 0.224 e. The van der Waals surface area contributed by atoms with Crippen molar-refractivity contribution in [1.29, 1.82) is 0 Å². The van der Waals surface area contributed by atoms with Crippen LogP contribution < -0.4 is 14.8 Å². The van der Waals surface area contributed by atoms with Crippen LogP contribution in [0.4, 0.5) is 0 Å². The van der Waals surface area contributed by atoms with Crippen molar-refractivity contribution >= 4 is 17.5 Å². The van der Waals surface area contributed by atoms with Crippen LogP contribution in [0.15, 0.2) is 12.1 Å². The molecule has 0 bridgehead atoms. The van der Waals surface area contributed by atoms with Crippen LogP contribution in [-0.4, -0.2) is 74.2 Å². The Morgan fingerprint density at radius 3 is 2.80 bits per heavy atom. The smallest absolute Gasteiger partial charge is 0.224 e. The number of amides is 1. The average molecular weight is 366 g/mol. The Morgan fingerprint density at radius 2 is 2.00 bits per heavy atom. The molecule has 25 heavy (non-hydrogen) atoms. The van der Waals surface area contributed by atoms with Crippen molar-refractivity contribution in [3.63, 3.8) is 0 Å². The van der Waals surface area contributed by atoms with E-state index in [1.807, 2.05) is 6.07 Å². The van der Waals surface area contributed by atoms with E-state index < -0.39 is 0 Å². The van der Waals surface area contributed by atoms with Crippen LogP contribution in [-0.2, 0) is 11.2 Å². The SMILES string of the molecule is CN1CCN2C[C@@H](NC(=O)Cc3cc4c(cc3Cl)OCCO4)C[C@H]2C1. The van der Waals surface area contributed by atoms with Crippen molar-refractivity contribution in [1.82, 2.24) is 15.1 Å². The van der Waals surface area contributed by atoms with Crippen LogP contribution in [0.5, 0.6) is 11.5 Å². The van der Waals surface area contributed by atoms with E-state index in [9.17, 15) is 4.79 Å². The van der Waals surface area contributed by atoms with Gasteiger partial charge in [0.2, 0.25) is 5.91 Å². The molecule has 4 rings (SSSR count). The number of nitrogens with one attached hydrogen (secondary N) is 1. The fraction of sp³-hybridized carbons (Fsp3) is 0.611. The molecule has 136 valence electrons. The molecule has 3 aliphatic heterocycles. The number of rotatable bonds is 3. The van der Waals surface area contributed by atoms with E-state index in [0.29, 0.717) is 35.8 Å². The summed E-state index contributed by atoms with van der Waals surface area (Å²) < 4.78 is 11.1. The quantitative estimate of drug-likeness (QED) is 0.871. The molecule has 0 spiro atoms. The Labute approximate surface area is 153 Å². The molecule has 0 unspecified atom stereocenters. The molecule has 1 aromatic rings. The summed E-state index contributed by atoms with van der Waals surface area (Å²) in [4.78, 5) is 17.3. The first-order valence-corrected chi connectivity index (χ1v) is 9.26. The summed E-state index contributed by atoms with van der Waals surface area (Å²) in [5, 5.41) is 3.72. The molecule has 6 nitrogen and oxygen atoms in total. The fourth-order valence-corrected chi connectivity index (χ4v) is 4.22. The first-order chi connectivity index (χ1) is 12.1. The molecule has 0 saturated carbocycles. The molecular formula is C18H24ClN3O3. The third kappa shape index (κ3) is 3.71. The van der Waals surface area contributed by atoms with Gasteiger partial charge < -0.3 is 19.7 Å². The zero-order valence-electron chi connectivity index (χ0n) is 14.5. The van der Waals surface area contributed by atoms with Gasteiger partial charge in [0.15, 0.2) is 11.5 Å². The van der Waals surface area contributed by atoms with Crippen molar-refractivity contribution in [2.75, 3.05) is 46.4 Å². The van der Waals surface area contributed by atoms with E-state index in [0.717, 1.165) is 38.2 Å². The number of carbonyl (C=O) groups is 1.